The summed E-state index contributed by atoms with van der Waals surface area (Å²) in [6.07, 6.45) is 0. The summed E-state index contributed by atoms with van der Waals surface area (Å²) in [6, 6.07) is 16.1. The van der Waals surface area contributed by atoms with Gasteiger partial charge in [0.15, 0.2) is 5.13 Å². The van der Waals surface area contributed by atoms with Crippen molar-refractivity contribution < 1.29 is 22.4 Å². The van der Waals surface area contributed by atoms with Crippen molar-refractivity contribution in [3.8, 4) is 28.5 Å². The number of carbonyl (C=O) groups excluding carboxylic acids is 1. The van der Waals surface area contributed by atoms with E-state index >= 15 is 0 Å². The number of rotatable bonds is 7. The Morgan fingerprint density at radius 1 is 1.06 bits per heavy atom. The first-order valence-corrected chi connectivity index (χ1v) is 11.5. The fourth-order valence-electron chi connectivity index (χ4n) is 2.65. The second-order valence-electron chi connectivity index (χ2n) is 6.31. The molecule has 0 saturated heterocycles. The zero-order chi connectivity index (χ0) is 21.8. The number of hydrogen-bond acceptors (Lipinski definition) is 9. The van der Waals surface area contributed by atoms with Crippen LogP contribution in [-0.2, 0) is 14.6 Å². The first-order valence-electron chi connectivity index (χ1n) is 8.96. The molecular weight excluding hydrogens is 440 g/mol. The lowest BCUT2D eigenvalue weighted by Gasteiger charge is -2.01. The smallest absolute Gasteiger partial charge is 0.336 e. The lowest BCUT2D eigenvalue weighted by molar-refractivity contribution is -0.113. The summed E-state index contributed by atoms with van der Waals surface area (Å²) in [6.45, 7) is 0. The Bertz CT molecular complexity index is 1300. The van der Waals surface area contributed by atoms with Crippen LogP contribution in [0.1, 0.15) is 0 Å². The van der Waals surface area contributed by atoms with Crippen LogP contribution >= 0.6 is 11.3 Å². The summed E-state index contributed by atoms with van der Waals surface area (Å²) in [4.78, 5) is 16.6. The molecule has 0 unspecified atom stereocenters. The van der Waals surface area contributed by atoms with Crippen LogP contribution in [0, 0.1) is 0 Å². The van der Waals surface area contributed by atoms with Gasteiger partial charge in [-0.25, -0.2) is 13.4 Å². The topological polar surface area (TPSA) is 124 Å². The van der Waals surface area contributed by atoms with Crippen LogP contribution in [-0.4, -0.2) is 42.4 Å². The number of hydrogen-bond donors (Lipinski definition) is 1. The Morgan fingerprint density at radius 3 is 2.52 bits per heavy atom. The fraction of sp³-hybridized carbons (Fsp3) is 0.100. The first kappa shape index (κ1) is 20.7. The third-order valence-corrected chi connectivity index (χ3v) is 6.25. The van der Waals surface area contributed by atoms with Gasteiger partial charge in [-0.1, -0.05) is 35.4 Å². The van der Waals surface area contributed by atoms with Gasteiger partial charge in [-0.3, -0.25) is 4.79 Å². The number of amides is 1. The maximum Gasteiger partial charge on any atom is 0.336 e. The number of sulfone groups is 1. The van der Waals surface area contributed by atoms with E-state index in [0.717, 1.165) is 5.56 Å². The van der Waals surface area contributed by atoms with E-state index in [-0.39, 0.29) is 5.89 Å². The van der Waals surface area contributed by atoms with Crippen LogP contribution in [0.3, 0.4) is 0 Å². The maximum atomic E-state index is 12.5. The summed E-state index contributed by atoms with van der Waals surface area (Å²) in [5, 5.41) is 11.3. The Labute approximate surface area is 181 Å². The molecule has 0 atom stereocenters. The number of carbonyl (C=O) groups is 1. The molecule has 0 bridgehead atoms. The van der Waals surface area contributed by atoms with Gasteiger partial charge in [0.2, 0.25) is 21.6 Å². The molecule has 0 saturated carbocycles. The molecule has 2 heterocycles. The number of nitrogens with zero attached hydrogens (tertiary/aromatic N) is 3. The largest absolute Gasteiger partial charge is 0.497 e. The monoisotopic (exact) mass is 456 g/mol. The predicted molar refractivity (Wildman–Crippen MR) is 115 cm³/mol. The number of aromatic nitrogens is 3. The lowest BCUT2D eigenvalue weighted by Crippen LogP contribution is -2.23. The number of ether oxygens (including phenoxy) is 1. The number of thiazole rings is 1. The van der Waals surface area contributed by atoms with Crippen LogP contribution in [0.25, 0.3) is 22.7 Å². The number of benzene rings is 2. The van der Waals surface area contributed by atoms with Crippen LogP contribution in [0.4, 0.5) is 5.13 Å². The normalized spacial score (nSPS) is 11.3. The molecule has 2 aromatic heterocycles. The molecule has 9 nitrogen and oxygen atoms in total. The van der Waals surface area contributed by atoms with Crippen molar-refractivity contribution in [1.29, 1.82) is 0 Å². The van der Waals surface area contributed by atoms with Gasteiger partial charge in [0.05, 0.1) is 12.8 Å². The van der Waals surface area contributed by atoms with Gasteiger partial charge in [0.1, 0.15) is 11.5 Å². The minimum atomic E-state index is -4.13. The standard InChI is InChI=1S/C20H16N4O5S2/c1-28-15-9-7-14(8-10-15)18-23-24-20(29-18)31(26,27)12-17(25)22-19-21-16(11-30-19)13-5-3-2-4-6-13/h2-11H,12H2,1H3,(H,21,22,25). The molecular formula is C20H16N4O5S2. The Balaban J connectivity index is 1.43. The molecule has 1 N–H and O–H groups in total. The van der Waals surface area contributed by atoms with Crippen molar-refractivity contribution >= 4 is 32.2 Å². The van der Waals surface area contributed by atoms with Crippen molar-refractivity contribution in [2.24, 2.45) is 0 Å². The summed E-state index contributed by atoms with van der Waals surface area (Å²) < 4.78 is 35.4. The minimum absolute atomic E-state index is 0.0223. The third kappa shape index (κ3) is 4.78. The molecule has 0 aliphatic carbocycles. The van der Waals surface area contributed by atoms with Gasteiger partial charge in [-0.15, -0.1) is 16.4 Å². The lowest BCUT2D eigenvalue weighted by atomic mass is 10.2. The zero-order valence-corrected chi connectivity index (χ0v) is 17.8. The molecule has 0 aliphatic rings. The van der Waals surface area contributed by atoms with Crippen molar-refractivity contribution in [3.63, 3.8) is 0 Å². The number of nitrogens with one attached hydrogen (secondary N) is 1. The quantitative estimate of drug-likeness (QED) is 0.449. The highest BCUT2D eigenvalue weighted by Gasteiger charge is 2.27. The zero-order valence-electron chi connectivity index (χ0n) is 16.2. The van der Waals surface area contributed by atoms with Gasteiger partial charge in [-0.05, 0) is 24.3 Å². The summed E-state index contributed by atoms with van der Waals surface area (Å²) in [5.41, 5.74) is 2.10. The van der Waals surface area contributed by atoms with Crippen molar-refractivity contribution in [3.05, 3.63) is 60.0 Å². The molecule has 11 heteroatoms. The number of methoxy groups -OCH3 is 1. The highest BCUT2D eigenvalue weighted by Crippen LogP contribution is 2.25. The predicted octanol–water partition coefficient (Wildman–Crippen LogP) is 3.28. The van der Waals surface area contributed by atoms with Gasteiger partial charge >= 0.3 is 5.22 Å². The van der Waals surface area contributed by atoms with Crippen LogP contribution < -0.4 is 10.1 Å². The first-order chi connectivity index (χ1) is 14.9. The second-order valence-corrected chi connectivity index (χ2v) is 9.04. The molecule has 0 fully saturated rings. The fourth-order valence-corrected chi connectivity index (χ4v) is 4.30. The van der Waals surface area contributed by atoms with E-state index in [1.807, 2.05) is 30.3 Å². The van der Waals surface area contributed by atoms with Gasteiger partial charge in [0.25, 0.3) is 0 Å². The molecule has 0 spiro atoms. The molecule has 31 heavy (non-hydrogen) atoms. The van der Waals surface area contributed by atoms with E-state index in [1.165, 1.54) is 18.4 Å². The molecule has 158 valence electrons. The molecule has 0 radical (unpaired) electrons. The summed E-state index contributed by atoms with van der Waals surface area (Å²) in [5.74, 6) is -0.949. The van der Waals surface area contributed by atoms with Gasteiger partial charge in [-0.2, -0.15) is 0 Å². The highest BCUT2D eigenvalue weighted by molar-refractivity contribution is 7.91. The van der Waals surface area contributed by atoms with Crippen molar-refractivity contribution in [1.82, 2.24) is 15.2 Å². The van der Waals surface area contributed by atoms with Crippen molar-refractivity contribution in [2.75, 3.05) is 18.2 Å². The molecule has 4 rings (SSSR count). The van der Waals surface area contributed by atoms with Crippen molar-refractivity contribution in [2.45, 2.75) is 5.22 Å². The van der Waals surface area contributed by atoms with E-state index in [4.69, 9.17) is 9.15 Å². The van der Waals surface area contributed by atoms with Gasteiger partial charge in [0, 0.05) is 16.5 Å². The average molecular weight is 457 g/mol. The molecule has 2 aromatic carbocycles. The average Bonchev–Trinajstić information content (AvgIpc) is 3.44. The summed E-state index contributed by atoms with van der Waals surface area (Å²) in [7, 11) is -2.59. The minimum Gasteiger partial charge on any atom is -0.497 e. The van der Waals surface area contributed by atoms with E-state index in [0.29, 0.717) is 22.1 Å². The van der Waals surface area contributed by atoms with E-state index in [2.05, 4.69) is 20.5 Å². The SMILES string of the molecule is COc1ccc(-c2nnc(S(=O)(=O)CC(=O)Nc3nc(-c4ccccc4)cs3)o2)cc1. The van der Waals surface area contributed by atoms with Gasteiger partial charge < -0.3 is 14.5 Å². The molecule has 0 aliphatic heterocycles. The van der Waals surface area contributed by atoms with Crippen LogP contribution in [0.15, 0.2) is 69.6 Å². The Morgan fingerprint density at radius 2 is 1.81 bits per heavy atom. The van der Waals surface area contributed by atoms with E-state index in [1.54, 1.807) is 29.6 Å². The third-order valence-electron chi connectivity index (χ3n) is 4.15. The Hall–Kier alpha value is -3.57. The molecule has 4 aromatic rings. The van der Waals surface area contributed by atoms with Crippen LogP contribution in [0.5, 0.6) is 5.75 Å². The Kier molecular flexibility index (Phi) is 5.78. The van der Waals surface area contributed by atoms with E-state index < -0.39 is 26.7 Å². The van der Waals surface area contributed by atoms with E-state index in [9.17, 15) is 13.2 Å². The molecule has 1 amide bonds. The summed E-state index contributed by atoms with van der Waals surface area (Å²) >= 11 is 1.20. The van der Waals surface area contributed by atoms with Crippen LogP contribution in [0.2, 0.25) is 0 Å². The maximum absolute atomic E-state index is 12.5. The number of anilines is 1. The highest BCUT2D eigenvalue weighted by atomic mass is 32.2. The second kappa shape index (κ2) is 8.66.